The number of hydrogen-bond acceptors (Lipinski definition) is 3. The molecule has 2 aromatic rings. The molecule has 0 amide bonds. The lowest BCUT2D eigenvalue weighted by atomic mass is 9.85. The highest BCUT2D eigenvalue weighted by Crippen LogP contribution is 2.36. The van der Waals surface area contributed by atoms with Crippen molar-refractivity contribution in [3.8, 4) is 11.5 Å². The Balaban J connectivity index is 2.47. The molecule has 0 aliphatic carbocycles. The summed E-state index contributed by atoms with van der Waals surface area (Å²) in [6, 6.07) is 8.05. The summed E-state index contributed by atoms with van der Waals surface area (Å²) in [6.45, 7) is 10.4. The Morgan fingerprint density at radius 2 is 1.81 bits per heavy atom. The smallest absolute Gasteiger partial charge is 0.136 e. The number of aliphatic hydroxyl groups excluding tert-OH is 1. The first-order valence-electron chi connectivity index (χ1n) is 7.16. The molecule has 3 nitrogen and oxygen atoms in total. The van der Waals surface area contributed by atoms with E-state index in [1.165, 1.54) is 5.56 Å². The molecule has 0 radical (unpaired) electrons. The predicted octanol–water partition coefficient (Wildman–Crippen LogP) is 4.28. The molecule has 0 bridgehead atoms. The van der Waals surface area contributed by atoms with E-state index < -0.39 is 0 Å². The molecule has 1 aromatic heterocycles. The fraction of sp³-hybridized carbons (Fsp3) is 0.389. The van der Waals surface area contributed by atoms with Crippen LogP contribution in [0.2, 0.25) is 0 Å². The van der Waals surface area contributed by atoms with E-state index in [9.17, 15) is 5.11 Å². The highest BCUT2D eigenvalue weighted by molar-refractivity contribution is 5.45. The van der Waals surface area contributed by atoms with Gasteiger partial charge in [0.1, 0.15) is 11.5 Å². The fourth-order valence-corrected chi connectivity index (χ4v) is 2.21. The molecule has 0 aliphatic heterocycles. The number of rotatable bonds is 3. The maximum absolute atomic E-state index is 9.44. The van der Waals surface area contributed by atoms with Crippen molar-refractivity contribution in [2.75, 3.05) is 0 Å². The van der Waals surface area contributed by atoms with Gasteiger partial charge in [-0.3, -0.25) is 4.98 Å². The third-order valence-electron chi connectivity index (χ3n) is 3.41. The van der Waals surface area contributed by atoms with Gasteiger partial charge in [-0.1, -0.05) is 38.5 Å². The van der Waals surface area contributed by atoms with Crippen LogP contribution in [-0.4, -0.2) is 10.1 Å². The summed E-state index contributed by atoms with van der Waals surface area (Å²) in [5.41, 5.74) is 3.91. The van der Waals surface area contributed by atoms with Gasteiger partial charge in [0.05, 0.1) is 6.61 Å². The topological polar surface area (TPSA) is 42.4 Å². The van der Waals surface area contributed by atoms with Crippen LogP contribution in [0.3, 0.4) is 0 Å². The first-order chi connectivity index (χ1) is 9.81. The SMILES string of the molecule is Cc1ccc(Oc2cc(C)ncc2CO)c(C(C)(C)C)c1. The molecule has 1 N–H and O–H groups in total. The molecule has 0 atom stereocenters. The number of nitrogens with zero attached hydrogens (tertiary/aromatic N) is 1. The second-order valence-electron chi connectivity index (χ2n) is 6.44. The quantitative estimate of drug-likeness (QED) is 0.915. The van der Waals surface area contributed by atoms with Crippen LogP contribution in [0.15, 0.2) is 30.5 Å². The molecule has 1 aromatic carbocycles. The molecule has 3 heteroatoms. The van der Waals surface area contributed by atoms with Gasteiger partial charge < -0.3 is 9.84 Å². The van der Waals surface area contributed by atoms with Gasteiger partial charge in [-0.05, 0) is 25.3 Å². The van der Waals surface area contributed by atoms with E-state index >= 15 is 0 Å². The van der Waals surface area contributed by atoms with Gasteiger partial charge in [0.15, 0.2) is 0 Å². The highest BCUT2D eigenvalue weighted by atomic mass is 16.5. The van der Waals surface area contributed by atoms with Crippen LogP contribution in [-0.2, 0) is 12.0 Å². The van der Waals surface area contributed by atoms with Crippen molar-refractivity contribution in [2.24, 2.45) is 0 Å². The Labute approximate surface area is 126 Å². The van der Waals surface area contributed by atoms with Crippen LogP contribution in [0.4, 0.5) is 0 Å². The van der Waals surface area contributed by atoms with Gasteiger partial charge in [0.2, 0.25) is 0 Å². The summed E-state index contributed by atoms with van der Waals surface area (Å²) in [7, 11) is 0. The zero-order valence-electron chi connectivity index (χ0n) is 13.4. The van der Waals surface area contributed by atoms with Gasteiger partial charge in [-0.25, -0.2) is 0 Å². The van der Waals surface area contributed by atoms with E-state index in [1.54, 1.807) is 6.20 Å². The fourth-order valence-electron chi connectivity index (χ4n) is 2.21. The number of pyridine rings is 1. The molecular formula is C18H23NO2. The lowest BCUT2D eigenvalue weighted by molar-refractivity contribution is 0.275. The van der Waals surface area contributed by atoms with Gasteiger partial charge in [0, 0.05) is 29.1 Å². The van der Waals surface area contributed by atoms with Crippen molar-refractivity contribution >= 4 is 0 Å². The van der Waals surface area contributed by atoms with E-state index in [0.717, 1.165) is 17.0 Å². The van der Waals surface area contributed by atoms with Crippen LogP contribution in [0.1, 0.15) is 43.2 Å². The summed E-state index contributed by atoms with van der Waals surface area (Å²) < 4.78 is 6.09. The summed E-state index contributed by atoms with van der Waals surface area (Å²) in [4.78, 5) is 4.20. The second-order valence-corrected chi connectivity index (χ2v) is 6.44. The maximum Gasteiger partial charge on any atom is 0.136 e. The number of aliphatic hydroxyl groups is 1. The third kappa shape index (κ3) is 3.61. The van der Waals surface area contributed by atoms with Crippen LogP contribution in [0, 0.1) is 13.8 Å². The van der Waals surface area contributed by atoms with E-state index in [1.807, 2.05) is 25.1 Å². The van der Waals surface area contributed by atoms with Crippen LogP contribution in [0.5, 0.6) is 11.5 Å². The number of benzene rings is 1. The number of ether oxygens (including phenoxy) is 1. The van der Waals surface area contributed by atoms with Crippen molar-refractivity contribution in [2.45, 2.75) is 46.6 Å². The molecule has 2 rings (SSSR count). The number of hydrogen-bond donors (Lipinski definition) is 1. The normalized spacial score (nSPS) is 11.5. The minimum absolute atomic E-state index is 0.0111. The van der Waals surface area contributed by atoms with Gasteiger partial charge in [0.25, 0.3) is 0 Å². The molecule has 0 saturated carbocycles. The zero-order chi connectivity index (χ0) is 15.6. The van der Waals surface area contributed by atoms with Crippen molar-refractivity contribution < 1.29 is 9.84 Å². The molecule has 0 saturated heterocycles. The van der Waals surface area contributed by atoms with Crippen molar-refractivity contribution in [3.05, 3.63) is 52.8 Å². The van der Waals surface area contributed by atoms with Crippen LogP contribution in [0.25, 0.3) is 0 Å². The van der Waals surface area contributed by atoms with E-state index in [2.05, 4.69) is 38.7 Å². The molecule has 0 fully saturated rings. The lowest BCUT2D eigenvalue weighted by Crippen LogP contribution is -2.13. The Hall–Kier alpha value is -1.87. The van der Waals surface area contributed by atoms with Crippen molar-refractivity contribution in [3.63, 3.8) is 0 Å². The Morgan fingerprint density at radius 1 is 1.10 bits per heavy atom. The zero-order valence-corrected chi connectivity index (χ0v) is 13.4. The van der Waals surface area contributed by atoms with Gasteiger partial charge in [-0.2, -0.15) is 0 Å². The van der Waals surface area contributed by atoms with Crippen LogP contribution < -0.4 is 4.74 Å². The molecular weight excluding hydrogens is 262 g/mol. The third-order valence-corrected chi connectivity index (χ3v) is 3.41. The second kappa shape index (κ2) is 5.86. The number of aryl methyl sites for hydroxylation is 2. The predicted molar refractivity (Wildman–Crippen MR) is 84.8 cm³/mol. The Kier molecular flexibility index (Phi) is 4.33. The summed E-state index contributed by atoms with van der Waals surface area (Å²) in [5.74, 6) is 1.49. The molecule has 0 unspecified atom stereocenters. The van der Waals surface area contributed by atoms with E-state index in [-0.39, 0.29) is 12.0 Å². The molecule has 0 spiro atoms. The number of aromatic nitrogens is 1. The van der Waals surface area contributed by atoms with E-state index in [0.29, 0.717) is 11.3 Å². The van der Waals surface area contributed by atoms with Gasteiger partial charge in [-0.15, -0.1) is 0 Å². The lowest BCUT2D eigenvalue weighted by Gasteiger charge is -2.23. The monoisotopic (exact) mass is 285 g/mol. The summed E-state index contributed by atoms with van der Waals surface area (Å²) in [5, 5.41) is 9.44. The minimum Gasteiger partial charge on any atom is -0.457 e. The average Bonchev–Trinajstić information content (AvgIpc) is 2.40. The van der Waals surface area contributed by atoms with Gasteiger partial charge >= 0.3 is 0 Å². The summed E-state index contributed by atoms with van der Waals surface area (Å²) in [6.07, 6.45) is 1.66. The van der Waals surface area contributed by atoms with E-state index in [4.69, 9.17) is 4.74 Å². The minimum atomic E-state index is -0.0840. The Morgan fingerprint density at radius 3 is 2.43 bits per heavy atom. The Bertz CT molecular complexity index is 642. The molecule has 21 heavy (non-hydrogen) atoms. The van der Waals surface area contributed by atoms with Crippen LogP contribution >= 0.6 is 0 Å². The van der Waals surface area contributed by atoms with Crippen molar-refractivity contribution in [1.82, 2.24) is 4.98 Å². The largest absolute Gasteiger partial charge is 0.457 e. The maximum atomic E-state index is 9.44. The molecule has 112 valence electrons. The summed E-state index contributed by atoms with van der Waals surface area (Å²) >= 11 is 0. The highest BCUT2D eigenvalue weighted by Gasteiger charge is 2.20. The molecule has 1 heterocycles. The average molecular weight is 285 g/mol. The molecule has 0 aliphatic rings. The standard InChI is InChI=1S/C18H23NO2/c1-12-6-7-16(15(8-12)18(3,4)5)21-17-9-13(2)19-10-14(17)11-20/h6-10,20H,11H2,1-5H3. The first-order valence-corrected chi connectivity index (χ1v) is 7.16. The first kappa shape index (κ1) is 15.5. The van der Waals surface area contributed by atoms with Crippen molar-refractivity contribution in [1.29, 1.82) is 0 Å².